The summed E-state index contributed by atoms with van der Waals surface area (Å²) in [5.41, 5.74) is 6.18. The number of carbonyl (C=O) groups excluding carboxylic acids is 1. The van der Waals surface area contributed by atoms with Crippen LogP contribution < -0.4 is 15.8 Å². The molecule has 0 radical (unpaired) electrons. The van der Waals surface area contributed by atoms with E-state index in [1.165, 1.54) is 0 Å². The lowest BCUT2D eigenvalue weighted by molar-refractivity contribution is -0.123. The van der Waals surface area contributed by atoms with E-state index in [-0.39, 0.29) is 24.4 Å². The van der Waals surface area contributed by atoms with Crippen LogP contribution in [0.25, 0.3) is 0 Å². The normalized spacial score (nSPS) is 17.3. The molecule has 0 aliphatic heterocycles. The number of nitrogens with two attached hydrogens (primary N) is 1. The fraction of sp³-hybridized carbons (Fsp3) is 0.462. The van der Waals surface area contributed by atoms with Gasteiger partial charge in [0.05, 0.1) is 18.7 Å². The van der Waals surface area contributed by atoms with Crippen molar-refractivity contribution in [3.8, 4) is 5.75 Å². The molecule has 1 aliphatic carbocycles. The molecule has 1 aliphatic rings. The van der Waals surface area contributed by atoms with E-state index in [1.807, 2.05) is 31.2 Å². The summed E-state index contributed by atoms with van der Waals surface area (Å²) >= 11 is 0. The lowest BCUT2D eigenvalue weighted by Gasteiger charge is -2.19. The minimum Gasteiger partial charge on any atom is -0.496 e. The van der Waals surface area contributed by atoms with Gasteiger partial charge in [-0.05, 0) is 25.8 Å². The molecule has 1 saturated carbocycles. The Morgan fingerprint density at radius 2 is 2.06 bits per heavy atom. The Morgan fingerprint density at radius 1 is 1.44 bits per heavy atom. The average Bonchev–Trinajstić information content (AvgIpc) is 3.08. The fourth-order valence-electron chi connectivity index (χ4n) is 1.80. The molecule has 1 atom stereocenters. The number of carbonyl (C=O) groups is 1. The molecule has 18 heavy (non-hydrogen) atoms. The Bertz CT molecular complexity index is 433. The summed E-state index contributed by atoms with van der Waals surface area (Å²) in [4.78, 5) is 11.8. The first kappa shape index (κ1) is 14.8. The van der Waals surface area contributed by atoms with E-state index in [9.17, 15) is 4.79 Å². The Morgan fingerprint density at radius 3 is 2.61 bits per heavy atom. The summed E-state index contributed by atoms with van der Waals surface area (Å²) in [6.07, 6.45) is 1.55. The highest BCUT2D eigenvalue weighted by Crippen LogP contribution is 2.33. The third-order valence-electron chi connectivity index (χ3n) is 3.19. The van der Waals surface area contributed by atoms with Crippen LogP contribution in [-0.4, -0.2) is 18.6 Å². The van der Waals surface area contributed by atoms with Gasteiger partial charge in [0, 0.05) is 5.56 Å². The van der Waals surface area contributed by atoms with Crippen LogP contribution in [0.4, 0.5) is 0 Å². The summed E-state index contributed by atoms with van der Waals surface area (Å²) in [6, 6.07) is 7.56. The van der Waals surface area contributed by atoms with Crippen LogP contribution in [0, 0.1) is 0 Å². The maximum absolute atomic E-state index is 11.8. The Kier molecular flexibility index (Phi) is 4.59. The molecule has 0 saturated heterocycles. The molecule has 2 rings (SSSR count). The van der Waals surface area contributed by atoms with Gasteiger partial charge >= 0.3 is 0 Å². The zero-order valence-electron chi connectivity index (χ0n) is 10.6. The van der Waals surface area contributed by atoms with Gasteiger partial charge in [-0.3, -0.25) is 4.79 Å². The van der Waals surface area contributed by atoms with Crippen LogP contribution in [0.3, 0.4) is 0 Å². The first-order chi connectivity index (χ1) is 8.07. The van der Waals surface area contributed by atoms with E-state index in [0.717, 1.165) is 24.2 Å². The maximum Gasteiger partial charge on any atom is 0.240 e. The quantitative estimate of drug-likeness (QED) is 0.877. The monoisotopic (exact) mass is 270 g/mol. The zero-order valence-corrected chi connectivity index (χ0v) is 11.4. The lowest BCUT2D eigenvalue weighted by Crippen LogP contribution is -2.43. The minimum absolute atomic E-state index is 0. The molecule has 5 heteroatoms. The van der Waals surface area contributed by atoms with Gasteiger partial charge in [0.2, 0.25) is 5.91 Å². The maximum atomic E-state index is 11.8. The van der Waals surface area contributed by atoms with Gasteiger partial charge in [0.15, 0.2) is 0 Å². The largest absolute Gasteiger partial charge is 0.496 e. The van der Waals surface area contributed by atoms with Crippen LogP contribution in [-0.2, 0) is 4.79 Å². The Labute approximate surface area is 113 Å². The number of hydrogen-bond acceptors (Lipinski definition) is 3. The average molecular weight is 271 g/mol. The van der Waals surface area contributed by atoms with Gasteiger partial charge in [-0.2, -0.15) is 0 Å². The van der Waals surface area contributed by atoms with Gasteiger partial charge < -0.3 is 15.8 Å². The second kappa shape index (κ2) is 5.59. The first-order valence-electron chi connectivity index (χ1n) is 5.79. The van der Waals surface area contributed by atoms with Crippen molar-refractivity contribution in [3.63, 3.8) is 0 Å². The second-order valence-electron chi connectivity index (χ2n) is 4.59. The number of ether oxygens (including phenoxy) is 1. The highest BCUT2D eigenvalue weighted by molar-refractivity contribution is 5.89. The molecule has 0 aromatic heterocycles. The van der Waals surface area contributed by atoms with E-state index in [4.69, 9.17) is 10.5 Å². The molecule has 3 N–H and O–H groups in total. The van der Waals surface area contributed by atoms with Crippen LogP contribution in [0.15, 0.2) is 24.3 Å². The summed E-state index contributed by atoms with van der Waals surface area (Å²) in [7, 11) is 1.62. The summed E-state index contributed by atoms with van der Waals surface area (Å²) < 4.78 is 5.27. The van der Waals surface area contributed by atoms with Crippen molar-refractivity contribution < 1.29 is 9.53 Å². The van der Waals surface area contributed by atoms with E-state index in [0.29, 0.717) is 0 Å². The number of benzene rings is 1. The summed E-state index contributed by atoms with van der Waals surface area (Å²) in [5.74, 6) is 0.707. The van der Waals surface area contributed by atoms with Crippen molar-refractivity contribution in [1.29, 1.82) is 0 Å². The number of rotatable bonds is 4. The second-order valence-corrected chi connectivity index (χ2v) is 4.59. The van der Waals surface area contributed by atoms with E-state index >= 15 is 0 Å². The van der Waals surface area contributed by atoms with Crippen molar-refractivity contribution in [2.45, 2.75) is 31.3 Å². The van der Waals surface area contributed by atoms with Crippen molar-refractivity contribution in [2.75, 3.05) is 7.11 Å². The molecule has 0 heterocycles. The standard InChI is InChI=1S/C13H18N2O2.ClH/c1-9(15-12(16)13(14)7-8-13)10-5-3-4-6-11(10)17-2;/h3-6,9H,7-8,14H2,1-2H3,(H,15,16);1H. The van der Waals surface area contributed by atoms with Gasteiger partial charge in [-0.25, -0.2) is 0 Å². The fourth-order valence-corrected chi connectivity index (χ4v) is 1.80. The van der Waals surface area contributed by atoms with E-state index < -0.39 is 5.54 Å². The van der Waals surface area contributed by atoms with Crippen molar-refractivity contribution in [3.05, 3.63) is 29.8 Å². The van der Waals surface area contributed by atoms with Crippen LogP contribution >= 0.6 is 12.4 Å². The number of nitrogens with one attached hydrogen (secondary N) is 1. The Balaban J connectivity index is 0.00000162. The topological polar surface area (TPSA) is 64.3 Å². The number of amides is 1. The molecule has 100 valence electrons. The van der Waals surface area contributed by atoms with Crippen LogP contribution in [0.1, 0.15) is 31.4 Å². The molecule has 1 unspecified atom stereocenters. The van der Waals surface area contributed by atoms with Gasteiger partial charge in [-0.15, -0.1) is 12.4 Å². The molecule has 4 nitrogen and oxygen atoms in total. The van der Waals surface area contributed by atoms with Crippen molar-refractivity contribution in [2.24, 2.45) is 5.73 Å². The highest BCUT2D eigenvalue weighted by atomic mass is 35.5. The predicted molar refractivity (Wildman–Crippen MR) is 73.0 cm³/mol. The minimum atomic E-state index is -0.629. The summed E-state index contributed by atoms with van der Waals surface area (Å²) in [6.45, 7) is 1.93. The number of para-hydroxylation sites is 1. The predicted octanol–water partition coefficient (Wildman–Crippen LogP) is 1.79. The van der Waals surface area contributed by atoms with Gasteiger partial charge in [0.25, 0.3) is 0 Å². The van der Waals surface area contributed by atoms with Crippen LogP contribution in [0.5, 0.6) is 5.75 Å². The molecular formula is C13H19ClN2O2. The lowest BCUT2D eigenvalue weighted by atomic mass is 10.1. The third kappa shape index (κ3) is 2.94. The molecule has 1 amide bonds. The van der Waals surface area contributed by atoms with E-state index in [2.05, 4.69) is 5.32 Å². The third-order valence-corrected chi connectivity index (χ3v) is 3.19. The molecule has 1 fully saturated rings. The molecule has 0 bridgehead atoms. The molecule has 1 aromatic rings. The smallest absolute Gasteiger partial charge is 0.240 e. The number of halogens is 1. The Hall–Kier alpha value is -1.26. The van der Waals surface area contributed by atoms with Gasteiger partial charge in [0.1, 0.15) is 5.75 Å². The van der Waals surface area contributed by atoms with Crippen molar-refractivity contribution in [1.82, 2.24) is 5.32 Å². The van der Waals surface area contributed by atoms with E-state index in [1.54, 1.807) is 7.11 Å². The zero-order chi connectivity index (χ0) is 12.5. The number of methoxy groups -OCH3 is 1. The van der Waals surface area contributed by atoms with Crippen molar-refractivity contribution >= 4 is 18.3 Å². The number of hydrogen-bond donors (Lipinski definition) is 2. The summed E-state index contributed by atoms with van der Waals surface area (Å²) in [5, 5.41) is 2.93. The van der Waals surface area contributed by atoms with Gasteiger partial charge in [-0.1, -0.05) is 18.2 Å². The molecule has 1 aromatic carbocycles. The molecular weight excluding hydrogens is 252 g/mol. The first-order valence-corrected chi connectivity index (χ1v) is 5.79. The highest BCUT2D eigenvalue weighted by Gasteiger charge is 2.46. The van der Waals surface area contributed by atoms with Crippen LogP contribution in [0.2, 0.25) is 0 Å². The molecule has 0 spiro atoms. The SMILES string of the molecule is COc1ccccc1C(C)NC(=O)C1(N)CC1.Cl.